The molecule has 0 bridgehead atoms. The van der Waals surface area contributed by atoms with Gasteiger partial charge in [-0.05, 0) is 56.6 Å². The lowest BCUT2D eigenvalue weighted by Gasteiger charge is -2.28. The fourth-order valence-corrected chi connectivity index (χ4v) is 3.25. The number of aromatic nitrogens is 1. The van der Waals surface area contributed by atoms with Gasteiger partial charge in [0.15, 0.2) is 0 Å². The van der Waals surface area contributed by atoms with E-state index in [-0.39, 0.29) is 0 Å². The molecular weight excluding hydrogens is 256 g/mol. The molecule has 2 nitrogen and oxygen atoms in total. The van der Waals surface area contributed by atoms with E-state index in [2.05, 4.69) is 52.3 Å². The Bertz CT molecular complexity index is 478. The first-order valence-electron chi connectivity index (χ1n) is 8.12. The van der Waals surface area contributed by atoms with Gasteiger partial charge in [0.1, 0.15) is 0 Å². The monoisotopic (exact) mass is 280 g/mol. The van der Waals surface area contributed by atoms with Gasteiger partial charge < -0.3 is 4.90 Å². The summed E-state index contributed by atoms with van der Waals surface area (Å²) in [6, 6.07) is 17.1. The van der Waals surface area contributed by atoms with E-state index in [4.69, 9.17) is 0 Å². The van der Waals surface area contributed by atoms with Crippen molar-refractivity contribution in [1.29, 1.82) is 0 Å². The van der Waals surface area contributed by atoms with Crippen LogP contribution >= 0.6 is 0 Å². The Kier molecular flexibility index (Phi) is 5.01. The zero-order valence-electron chi connectivity index (χ0n) is 12.6. The second kappa shape index (κ2) is 7.37. The summed E-state index contributed by atoms with van der Waals surface area (Å²) in [5.74, 6) is 0.411. The minimum absolute atomic E-state index is 0.411. The van der Waals surface area contributed by atoms with Crippen LogP contribution in [-0.2, 0) is 0 Å². The van der Waals surface area contributed by atoms with E-state index in [0.29, 0.717) is 5.92 Å². The van der Waals surface area contributed by atoms with Gasteiger partial charge in [-0.25, -0.2) is 0 Å². The largest absolute Gasteiger partial charge is 0.303 e. The van der Waals surface area contributed by atoms with Crippen LogP contribution in [0.1, 0.15) is 42.9 Å². The molecule has 110 valence electrons. The van der Waals surface area contributed by atoms with Gasteiger partial charge in [0.2, 0.25) is 0 Å². The molecule has 2 aromatic rings. The van der Waals surface area contributed by atoms with Crippen molar-refractivity contribution in [3.05, 3.63) is 66.0 Å². The second-order valence-corrected chi connectivity index (χ2v) is 5.91. The molecule has 1 aliphatic rings. The van der Waals surface area contributed by atoms with Crippen molar-refractivity contribution in [2.45, 2.75) is 31.6 Å². The van der Waals surface area contributed by atoms with Gasteiger partial charge in [-0.3, -0.25) is 4.98 Å². The number of hydrogen-bond acceptors (Lipinski definition) is 2. The number of hydrogen-bond donors (Lipinski definition) is 0. The molecule has 1 aromatic heterocycles. The molecule has 3 rings (SSSR count). The van der Waals surface area contributed by atoms with E-state index >= 15 is 0 Å². The summed E-state index contributed by atoms with van der Waals surface area (Å²) >= 11 is 0. The summed E-state index contributed by atoms with van der Waals surface area (Å²) in [5.41, 5.74) is 2.58. The van der Waals surface area contributed by atoms with E-state index < -0.39 is 0 Å². The predicted molar refractivity (Wildman–Crippen MR) is 87.4 cm³/mol. The average Bonchev–Trinajstić information content (AvgIpc) is 2.58. The SMILES string of the molecule is c1ccc([C@@H](CCN2CCCCC2)c2ccccn2)cc1. The van der Waals surface area contributed by atoms with Gasteiger partial charge in [-0.1, -0.05) is 42.8 Å². The first-order chi connectivity index (χ1) is 10.4. The Balaban J connectivity index is 1.73. The molecule has 1 saturated heterocycles. The fourth-order valence-electron chi connectivity index (χ4n) is 3.25. The predicted octanol–water partition coefficient (Wildman–Crippen LogP) is 4.09. The van der Waals surface area contributed by atoms with Crippen molar-refractivity contribution in [2.24, 2.45) is 0 Å². The third-order valence-electron chi connectivity index (χ3n) is 4.43. The van der Waals surface area contributed by atoms with Crippen molar-refractivity contribution in [3.63, 3.8) is 0 Å². The van der Waals surface area contributed by atoms with Crippen molar-refractivity contribution < 1.29 is 0 Å². The number of piperidine rings is 1. The Morgan fingerprint density at radius 1 is 0.905 bits per heavy atom. The van der Waals surface area contributed by atoms with Crippen LogP contribution < -0.4 is 0 Å². The van der Waals surface area contributed by atoms with E-state index in [1.54, 1.807) is 0 Å². The molecule has 21 heavy (non-hydrogen) atoms. The van der Waals surface area contributed by atoms with Crippen LogP contribution in [0.2, 0.25) is 0 Å². The molecule has 2 heteroatoms. The molecule has 0 radical (unpaired) electrons. The van der Waals surface area contributed by atoms with Crippen LogP contribution in [0.25, 0.3) is 0 Å². The molecule has 1 fully saturated rings. The molecule has 0 spiro atoms. The smallest absolute Gasteiger partial charge is 0.0478 e. The lowest BCUT2D eigenvalue weighted by Crippen LogP contribution is -2.31. The first kappa shape index (κ1) is 14.3. The van der Waals surface area contributed by atoms with Gasteiger partial charge in [0, 0.05) is 17.8 Å². The summed E-state index contributed by atoms with van der Waals surface area (Å²) in [4.78, 5) is 7.21. The topological polar surface area (TPSA) is 16.1 Å². The zero-order chi connectivity index (χ0) is 14.3. The molecule has 0 aliphatic carbocycles. The summed E-state index contributed by atoms with van der Waals surface area (Å²) < 4.78 is 0. The highest BCUT2D eigenvalue weighted by Gasteiger charge is 2.17. The fraction of sp³-hybridized carbons (Fsp3) is 0.421. The van der Waals surface area contributed by atoms with Crippen LogP contribution in [-0.4, -0.2) is 29.5 Å². The van der Waals surface area contributed by atoms with Crippen LogP contribution in [0.3, 0.4) is 0 Å². The maximum Gasteiger partial charge on any atom is 0.0478 e. The number of benzene rings is 1. The quantitative estimate of drug-likeness (QED) is 0.820. The second-order valence-electron chi connectivity index (χ2n) is 5.91. The maximum atomic E-state index is 4.60. The van der Waals surface area contributed by atoms with Crippen molar-refractivity contribution in [1.82, 2.24) is 9.88 Å². The van der Waals surface area contributed by atoms with Crippen molar-refractivity contribution in [3.8, 4) is 0 Å². The number of rotatable bonds is 5. The zero-order valence-corrected chi connectivity index (χ0v) is 12.6. The lowest BCUT2D eigenvalue weighted by atomic mass is 9.91. The molecule has 0 N–H and O–H groups in total. The summed E-state index contributed by atoms with van der Waals surface area (Å²) in [6.45, 7) is 3.71. The summed E-state index contributed by atoms with van der Waals surface area (Å²) in [6.07, 6.45) is 7.19. The number of likely N-dealkylation sites (tertiary alicyclic amines) is 1. The summed E-state index contributed by atoms with van der Waals surface area (Å²) in [7, 11) is 0. The van der Waals surface area contributed by atoms with E-state index in [9.17, 15) is 0 Å². The highest BCUT2D eigenvalue weighted by atomic mass is 15.1. The van der Waals surface area contributed by atoms with Gasteiger partial charge in [-0.15, -0.1) is 0 Å². The highest BCUT2D eigenvalue weighted by molar-refractivity contribution is 5.28. The van der Waals surface area contributed by atoms with E-state index in [1.807, 2.05) is 12.3 Å². The normalized spacial score (nSPS) is 17.5. The Hall–Kier alpha value is -1.67. The van der Waals surface area contributed by atoms with E-state index in [1.165, 1.54) is 50.2 Å². The third kappa shape index (κ3) is 3.92. The molecule has 2 heterocycles. The molecule has 0 amide bonds. The minimum atomic E-state index is 0.411. The highest BCUT2D eigenvalue weighted by Crippen LogP contribution is 2.27. The first-order valence-corrected chi connectivity index (χ1v) is 8.12. The average molecular weight is 280 g/mol. The molecule has 1 atom stereocenters. The molecule has 1 aliphatic heterocycles. The van der Waals surface area contributed by atoms with Gasteiger partial charge >= 0.3 is 0 Å². The molecule has 0 saturated carbocycles. The standard InChI is InChI=1S/C19H24N2/c1-3-9-17(10-4-1)18(19-11-5-6-13-20-19)12-16-21-14-7-2-8-15-21/h1,3-6,9-11,13,18H,2,7-8,12,14-16H2/t18-/m1/s1. The number of pyridine rings is 1. The Morgan fingerprint density at radius 2 is 1.67 bits per heavy atom. The molecule has 0 unspecified atom stereocenters. The van der Waals surface area contributed by atoms with Crippen molar-refractivity contribution in [2.75, 3.05) is 19.6 Å². The molecular formula is C19H24N2. The van der Waals surface area contributed by atoms with Gasteiger partial charge in [0.05, 0.1) is 0 Å². The minimum Gasteiger partial charge on any atom is -0.303 e. The van der Waals surface area contributed by atoms with Crippen LogP contribution in [0, 0.1) is 0 Å². The maximum absolute atomic E-state index is 4.60. The number of nitrogens with zero attached hydrogens (tertiary/aromatic N) is 2. The Labute approximate surface area is 127 Å². The van der Waals surface area contributed by atoms with Gasteiger partial charge in [-0.2, -0.15) is 0 Å². The Morgan fingerprint density at radius 3 is 2.38 bits per heavy atom. The van der Waals surface area contributed by atoms with Crippen LogP contribution in [0.4, 0.5) is 0 Å². The third-order valence-corrected chi connectivity index (χ3v) is 4.43. The lowest BCUT2D eigenvalue weighted by molar-refractivity contribution is 0.223. The van der Waals surface area contributed by atoms with Crippen LogP contribution in [0.15, 0.2) is 54.7 Å². The summed E-state index contributed by atoms with van der Waals surface area (Å²) in [5, 5.41) is 0. The van der Waals surface area contributed by atoms with Crippen LogP contribution in [0.5, 0.6) is 0 Å². The molecule has 1 aromatic carbocycles. The van der Waals surface area contributed by atoms with Gasteiger partial charge in [0.25, 0.3) is 0 Å². The van der Waals surface area contributed by atoms with Crippen molar-refractivity contribution >= 4 is 0 Å². The van der Waals surface area contributed by atoms with E-state index in [0.717, 1.165) is 6.42 Å².